The first-order valence-corrected chi connectivity index (χ1v) is 9.08. The second-order valence-electron chi connectivity index (χ2n) is 7.41. The summed E-state index contributed by atoms with van der Waals surface area (Å²) in [4.78, 5) is 2.29. The van der Waals surface area contributed by atoms with Crippen LogP contribution in [0.25, 0.3) is 6.08 Å². The van der Waals surface area contributed by atoms with Gasteiger partial charge in [0, 0.05) is 30.5 Å². The number of hydrogen-bond donors (Lipinski definition) is 1. The number of benzene rings is 2. The molecule has 0 bridgehead atoms. The van der Waals surface area contributed by atoms with Crippen LogP contribution in [-0.4, -0.2) is 31.1 Å². The minimum Gasteiger partial charge on any atom is -0.497 e. The van der Waals surface area contributed by atoms with Crippen molar-refractivity contribution in [3.8, 4) is 11.5 Å². The first-order valence-electron chi connectivity index (χ1n) is 9.08. The number of para-hydroxylation sites is 1. The Morgan fingerprint density at radius 1 is 1.15 bits per heavy atom. The van der Waals surface area contributed by atoms with E-state index in [0.29, 0.717) is 6.42 Å². The molecule has 2 aromatic carbocycles. The van der Waals surface area contributed by atoms with Crippen molar-refractivity contribution in [2.45, 2.75) is 31.4 Å². The number of hydrogen-bond acceptors (Lipinski definition) is 4. The lowest BCUT2D eigenvalue weighted by molar-refractivity contribution is 0.0522. The Bertz CT molecular complexity index is 858. The van der Waals surface area contributed by atoms with Crippen LogP contribution in [0.3, 0.4) is 0 Å². The summed E-state index contributed by atoms with van der Waals surface area (Å²) in [5.41, 5.74) is 2.59. The van der Waals surface area contributed by atoms with Gasteiger partial charge in [0.15, 0.2) is 0 Å². The number of fused-ring (bicyclic) bond motifs is 2. The smallest absolute Gasteiger partial charge is 0.212 e. The van der Waals surface area contributed by atoms with E-state index >= 15 is 0 Å². The molecule has 136 valence electrons. The number of aliphatic hydroxyl groups is 1. The van der Waals surface area contributed by atoms with E-state index in [9.17, 15) is 5.11 Å². The molecule has 1 N–H and O–H groups in total. The highest BCUT2D eigenvalue weighted by atomic mass is 16.5. The van der Waals surface area contributed by atoms with Gasteiger partial charge >= 0.3 is 0 Å². The van der Waals surface area contributed by atoms with Gasteiger partial charge in [0.1, 0.15) is 11.5 Å². The van der Waals surface area contributed by atoms with Crippen LogP contribution in [-0.2, 0) is 5.41 Å². The minimum atomic E-state index is -0.634. The number of methoxy groups -OCH3 is 1. The summed E-state index contributed by atoms with van der Waals surface area (Å²) in [6.07, 6.45) is 4.99. The maximum atomic E-state index is 9.42. The highest BCUT2D eigenvalue weighted by molar-refractivity contribution is 5.72. The average molecular weight is 351 g/mol. The molecule has 4 heteroatoms. The Hall–Kier alpha value is -2.46. The number of rotatable bonds is 4. The molecule has 2 heterocycles. The van der Waals surface area contributed by atoms with E-state index in [2.05, 4.69) is 55.2 Å². The van der Waals surface area contributed by atoms with Crippen LogP contribution in [0.4, 0.5) is 5.69 Å². The lowest BCUT2D eigenvalue weighted by atomic mass is 9.76. The fraction of sp³-hybridized carbons (Fsp3) is 0.364. The number of anilines is 1. The second-order valence-corrected chi connectivity index (χ2v) is 7.41. The zero-order valence-electron chi connectivity index (χ0n) is 15.5. The van der Waals surface area contributed by atoms with Crippen molar-refractivity contribution < 1.29 is 14.6 Å². The zero-order valence-corrected chi connectivity index (χ0v) is 15.5. The summed E-state index contributed by atoms with van der Waals surface area (Å²) in [5.74, 6) is 1.60. The summed E-state index contributed by atoms with van der Waals surface area (Å²) in [7, 11) is 1.67. The predicted molar refractivity (Wildman–Crippen MR) is 104 cm³/mol. The molecule has 1 spiro atoms. The highest BCUT2D eigenvalue weighted by Gasteiger charge is 2.58. The van der Waals surface area contributed by atoms with Crippen LogP contribution >= 0.6 is 0 Å². The van der Waals surface area contributed by atoms with Gasteiger partial charge < -0.3 is 19.5 Å². The predicted octanol–water partition coefficient (Wildman–Crippen LogP) is 3.98. The van der Waals surface area contributed by atoms with E-state index in [-0.39, 0.29) is 12.0 Å². The normalized spacial score (nSPS) is 22.1. The molecule has 26 heavy (non-hydrogen) atoms. The quantitative estimate of drug-likeness (QED) is 0.905. The summed E-state index contributed by atoms with van der Waals surface area (Å²) in [6.45, 7) is 5.32. The Kier molecular flexibility index (Phi) is 3.96. The lowest BCUT2D eigenvalue weighted by Crippen LogP contribution is -2.59. The van der Waals surface area contributed by atoms with Crippen molar-refractivity contribution in [3.05, 3.63) is 59.7 Å². The van der Waals surface area contributed by atoms with Gasteiger partial charge in [0.05, 0.1) is 12.5 Å². The van der Waals surface area contributed by atoms with Crippen molar-refractivity contribution in [3.63, 3.8) is 0 Å². The van der Waals surface area contributed by atoms with Gasteiger partial charge in [-0.25, -0.2) is 0 Å². The van der Waals surface area contributed by atoms with Crippen molar-refractivity contribution in [2.24, 2.45) is 0 Å². The van der Waals surface area contributed by atoms with Crippen molar-refractivity contribution in [2.75, 3.05) is 25.2 Å². The fourth-order valence-corrected chi connectivity index (χ4v) is 4.22. The summed E-state index contributed by atoms with van der Waals surface area (Å²) in [6, 6.07) is 14.4. The molecule has 0 fully saturated rings. The van der Waals surface area contributed by atoms with Crippen molar-refractivity contribution in [1.29, 1.82) is 0 Å². The largest absolute Gasteiger partial charge is 0.497 e. The molecule has 0 amide bonds. The molecule has 1 unspecified atom stereocenters. The van der Waals surface area contributed by atoms with E-state index in [1.165, 1.54) is 11.3 Å². The average Bonchev–Trinajstić information content (AvgIpc) is 2.84. The van der Waals surface area contributed by atoms with Crippen LogP contribution in [0, 0.1) is 0 Å². The maximum absolute atomic E-state index is 9.42. The van der Waals surface area contributed by atoms with E-state index in [1.54, 1.807) is 7.11 Å². The Morgan fingerprint density at radius 2 is 1.96 bits per heavy atom. The number of ether oxygens (including phenoxy) is 2. The van der Waals surface area contributed by atoms with Crippen LogP contribution in [0.15, 0.2) is 48.5 Å². The molecule has 2 aliphatic heterocycles. The van der Waals surface area contributed by atoms with Gasteiger partial charge in [-0.2, -0.15) is 0 Å². The lowest BCUT2D eigenvalue weighted by Gasteiger charge is -2.47. The van der Waals surface area contributed by atoms with Crippen LogP contribution < -0.4 is 14.4 Å². The van der Waals surface area contributed by atoms with Crippen molar-refractivity contribution in [1.82, 2.24) is 0 Å². The molecule has 4 rings (SSSR count). The molecular weight excluding hydrogens is 326 g/mol. The molecule has 0 radical (unpaired) electrons. The van der Waals surface area contributed by atoms with Crippen LogP contribution in [0.5, 0.6) is 11.5 Å². The third-order valence-corrected chi connectivity index (χ3v) is 5.68. The summed E-state index contributed by atoms with van der Waals surface area (Å²) in [5, 5.41) is 9.42. The first-order chi connectivity index (χ1) is 12.5. The van der Waals surface area contributed by atoms with E-state index in [4.69, 9.17) is 9.47 Å². The molecule has 2 aromatic rings. The molecular formula is C22H25NO3. The number of nitrogens with zero attached hydrogens (tertiary/aromatic N) is 1. The highest BCUT2D eigenvalue weighted by Crippen LogP contribution is 2.55. The SMILES string of the molecule is COc1ccc2c(c1)OC1(C=C2)N(CCCO)c2ccccc2C1(C)C. The van der Waals surface area contributed by atoms with E-state index < -0.39 is 5.72 Å². The van der Waals surface area contributed by atoms with Crippen LogP contribution in [0.1, 0.15) is 31.4 Å². The van der Waals surface area contributed by atoms with Gasteiger partial charge in [-0.15, -0.1) is 0 Å². The van der Waals surface area contributed by atoms with Gasteiger partial charge in [-0.1, -0.05) is 18.2 Å². The van der Waals surface area contributed by atoms with Crippen molar-refractivity contribution >= 4 is 11.8 Å². The Morgan fingerprint density at radius 3 is 2.73 bits per heavy atom. The van der Waals surface area contributed by atoms with Gasteiger partial charge in [0.25, 0.3) is 0 Å². The van der Waals surface area contributed by atoms with Gasteiger partial charge in [-0.3, -0.25) is 0 Å². The van der Waals surface area contributed by atoms with Crippen LogP contribution in [0.2, 0.25) is 0 Å². The van der Waals surface area contributed by atoms with Gasteiger partial charge in [-0.05, 0) is 56.2 Å². The second kappa shape index (κ2) is 6.06. The molecule has 0 saturated heterocycles. The molecule has 0 aliphatic carbocycles. The maximum Gasteiger partial charge on any atom is 0.212 e. The van der Waals surface area contributed by atoms with E-state index in [1.807, 2.05) is 18.2 Å². The molecule has 4 nitrogen and oxygen atoms in total. The first kappa shape index (κ1) is 17.0. The topological polar surface area (TPSA) is 41.9 Å². The Labute approximate surface area is 154 Å². The molecule has 0 aromatic heterocycles. The fourth-order valence-electron chi connectivity index (χ4n) is 4.22. The molecule has 2 aliphatic rings. The Balaban J connectivity index is 1.85. The summed E-state index contributed by atoms with van der Waals surface area (Å²) < 4.78 is 12.1. The third-order valence-electron chi connectivity index (χ3n) is 5.68. The monoisotopic (exact) mass is 351 g/mol. The number of aliphatic hydroxyl groups excluding tert-OH is 1. The summed E-state index contributed by atoms with van der Waals surface area (Å²) >= 11 is 0. The minimum absolute atomic E-state index is 0.156. The zero-order chi connectivity index (χ0) is 18.4. The molecule has 0 saturated carbocycles. The van der Waals surface area contributed by atoms with E-state index in [0.717, 1.165) is 23.6 Å². The van der Waals surface area contributed by atoms with Gasteiger partial charge in [0.2, 0.25) is 5.72 Å². The standard InChI is InChI=1S/C22H25NO3/c1-21(2)18-7-4-5-8-19(18)23(13-6-14-24)22(21)12-11-16-9-10-17(25-3)15-20(16)26-22/h4-5,7-12,15,24H,6,13-14H2,1-3H3. The third kappa shape index (κ3) is 2.25. The molecule has 1 atom stereocenters.